The molecule has 122 valence electrons. The third-order valence-corrected chi connectivity index (χ3v) is 3.92. The molecule has 1 N–H and O–H groups in total. The molecule has 1 fully saturated rings. The van der Waals surface area contributed by atoms with E-state index in [4.69, 9.17) is 4.74 Å². The zero-order chi connectivity index (χ0) is 16.1. The third-order valence-electron chi connectivity index (χ3n) is 3.92. The maximum atomic E-state index is 12.1. The number of aryl methyl sites for hydroxylation is 2. The van der Waals surface area contributed by atoms with Gasteiger partial charge in [0.25, 0.3) is 0 Å². The van der Waals surface area contributed by atoms with Crippen molar-refractivity contribution in [2.45, 2.75) is 39.2 Å². The van der Waals surface area contributed by atoms with Gasteiger partial charge in [-0.15, -0.1) is 0 Å². The highest BCUT2D eigenvalue weighted by Gasteiger charge is 2.21. The van der Waals surface area contributed by atoms with E-state index in [9.17, 15) is 9.59 Å². The Bertz CT molecular complexity index is 553. The van der Waals surface area contributed by atoms with Gasteiger partial charge in [0.05, 0.1) is 31.5 Å². The van der Waals surface area contributed by atoms with E-state index < -0.39 is 0 Å². The second kappa shape index (κ2) is 7.29. The summed E-state index contributed by atoms with van der Waals surface area (Å²) in [6.07, 6.45) is 3.20. The van der Waals surface area contributed by atoms with Gasteiger partial charge in [-0.1, -0.05) is 6.92 Å². The lowest BCUT2D eigenvalue weighted by Crippen LogP contribution is -2.42. The predicted molar refractivity (Wildman–Crippen MR) is 81.4 cm³/mol. The fourth-order valence-corrected chi connectivity index (χ4v) is 2.77. The van der Waals surface area contributed by atoms with Crippen LogP contribution < -0.4 is 10.1 Å². The minimum atomic E-state index is -0.150. The summed E-state index contributed by atoms with van der Waals surface area (Å²) in [7, 11) is 3.41. The molecule has 7 nitrogen and oxygen atoms in total. The molecule has 2 amide bonds. The third kappa shape index (κ3) is 3.58. The quantitative estimate of drug-likeness (QED) is 0.836. The first kappa shape index (κ1) is 16.3. The Morgan fingerprint density at radius 2 is 2.18 bits per heavy atom. The molecule has 0 spiro atoms. The van der Waals surface area contributed by atoms with E-state index in [-0.39, 0.29) is 18.4 Å². The summed E-state index contributed by atoms with van der Waals surface area (Å²) in [5.74, 6) is 0.573. The number of piperidine rings is 1. The minimum absolute atomic E-state index is 0.0644. The van der Waals surface area contributed by atoms with Crippen molar-refractivity contribution in [3.8, 4) is 5.88 Å². The number of amides is 2. The van der Waals surface area contributed by atoms with E-state index >= 15 is 0 Å². The number of methoxy groups -OCH3 is 1. The van der Waals surface area contributed by atoms with Crippen LogP contribution in [0.5, 0.6) is 5.88 Å². The number of hydrogen-bond acceptors (Lipinski definition) is 4. The Morgan fingerprint density at radius 3 is 2.82 bits per heavy atom. The van der Waals surface area contributed by atoms with Crippen molar-refractivity contribution in [3.05, 3.63) is 11.3 Å². The van der Waals surface area contributed by atoms with Gasteiger partial charge in [-0.2, -0.15) is 5.10 Å². The van der Waals surface area contributed by atoms with Crippen molar-refractivity contribution < 1.29 is 14.3 Å². The highest BCUT2D eigenvalue weighted by molar-refractivity contribution is 5.85. The number of likely N-dealkylation sites (tertiary alicyclic amines) is 1. The summed E-state index contributed by atoms with van der Waals surface area (Å²) in [6, 6.07) is 0. The fourth-order valence-electron chi connectivity index (χ4n) is 2.77. The van der Waals surface area contributed by atoms with Crippen LogP contribution in [0.4, 0.5) is 0 Å². The van der Waals surface area contributed by atoms with Gasteiger partial charge < -0.3 is 15.0 Å². The largest absolute Gasteiger partial charge is 0.481 e. The number of nitrogens with zero attached hydrogens (tertiary/aromatic N) is 3. The summed E-state index contributed by atoms with van der Waals surface area (Å²) in [4.78, 5) is 25.4. The lowest BCUT2D eigenvalue weighted by Gasteiger charge is -2.25. The van der Waals surface area contributed by atoms with Gasteiger partial charge in [-0.3, -0.25) is 9.59 Å². The molecule has 1 aliphatic rings. The molecule has 1 aromatic heterocycles. The molecule has 1 aromatic rings. The minimum Gasteiger partial charge on any atom is -0.481 e. The van der Waals surface area contributed by atoms with Gasteiger partial charge in [0.1, 0.15) is 0 Å². The smallest absolute Gasteiger partial charge is 0.239 e. The van der Waals surface area contributed by atoms with Crippen molar-refractivity contribution in [3.63, 3.8) is 0 Å². The Kier molecular flexibility index (Phi) is 5.41. The monoisotopic (exact) mass is 308 g/mol. The summed E-state index contributed by atoms with van der Waals surface area (Å²) in [5.41, 5.74) is 1.81. The molecule has 1 aliphatic heterocycles. The number of aromatic nitrogens is 2. The van der Waals surface area contributed by atoms with Crippen molar-refractivity contribution >= 4 is 11.8 Å². The first-order valence-corrected chi connectivity index (χ1v) is 7.70. The number of carbonyl (C=O) groups excluding carboxylic acids is 2. The molecule has 0 aromatic carbocycles. The highest BCUT2D eigenvalue weighted by atomic mass is 16.5. The molecule has 0 bridgehead atoms. The van der Waals surface area contributed by atoms with Crippen LogP contribution in [0.3, 0.4) is 0 Å². The maximum absolute atomic E-state index is 12.1. The highest BCUT2D eigenvalue weighted by Crippen LogP contribution is 2.21. The zero-order valence-corrected chi connectivity index (χ0v) is 13.5. The predicted octanol–water partition coefficient (Wildman–Crippen LogP) is 0.620. The van der Waals surface area contributed by atoms with Crippen molar-refractivity contribution in [1.29, 1.82) is 0 Å². The number of carbonyl (C=O) groups is 2. The number of ether oxygens (including phenoxy) is 1. The molecular formula is C15H24N4O3. The molecular weight excluding hydrogens is 284 g/mol. The molecule has 1 saturated heterocycles. The Balaban J connectivity index is 1.95. The number of rotatable bonds is 6. The SMILES string of the molecule is CCc1nn(C)c(OC)c1CNC(=O)CN1CCCCC1=O. The summed E-state index contributed by atoms with van der Waals surface area (Å²) < 4.78 is 7.02. The van der Waals surface area contributed by atoms with E-state index in [1.807, 2.05) is 14.0 Å². The van der Waals surface area contributed by atoms with Crippen LogP contribution in [0.15, 0.2) is 0 Å². The van der Waals surface area contributed by atoms with Crippen molar-refractivity contribution in [2.24, 2.45) is 7.05 Å². The van der Waals surface area contributed by atoms with E-state index in [0.717, 1.165) is 30.5 Å². The van der Waals surface area contributed by atoms with E-state index in [2.05, 4.69) is 10.4 Å². The van der Waals surface area contributed by atoms with Crippen LogP contribution in [0.2, 0.25) is 0 Å². The average molecular weight is 308 g/mol. The molecule has 0 saturated carbocycles. The molecule has 0 aliphatic carbocycles. The topological polar surface area (TPSA) is 76.5 Å². The van der Waals surface area contributed by atoms with E-state index in [0.29, 0.717) is 25.4 Å². The van der Waals surface area contributed by atoms with Crippen LogP contribution in [0, 0.1) is 0 Å². The van der Waals surface area contributed by atoms with Crippen molar-refractivity contribution in [1.82, 2.24) is 20.0 Å². The Hall–Kier alpha value is -2.05. The fraction of sp³-hybridized carbons (Fsp3) is 0.667. The first-order chi connectivity index (χ1) is 10.6. The maximum Gasteiger partial charge on any atom is 0.239 e. The van der Waals surface area contributed by atoms with Crippen LogP contribution in [-0.2, 0) is 29.6 Å². The Morgan fingerprint density at radius 1 is 1.41 bits per heavy atom. The molecule has 2 rings (SSSR count). The lowest BCUT2D eigenvalue weighted by atomic mass is 10.1. The van der Waals surface area contributed by atoms with Crippen molar-refractivity contribution in [2.75, 3.05) is 20.2 Å². The molecule has 0 unspecified atom stereocenters. The van der Waals surface area contributed by atoms with Gasteiger partial charge in [0, 0.05) is 20.0 Å². The van der Waals surface area contributed by atoms with Gasteiger partial charge in [0.15, 0.2) is 0 Å². The van der Waals surface area contributed by atoms with Gasteiger partial charge in [-0.05, 0) is 19.3 Å². The van der Waals surface area contributed by atoms with Gasteiger partial charge in [-0.25, -0.2) is 4.68 Å². The van der Waals surface area contributed by atoms with Crippen LogP contribution in [-0.4, -0.2) is 46.7 Å². The average Bonchev–Trinajstić information content (AvgIpc) is 2.82. The van der Waals surface area contributed by atoms with Crippen LogP contribution in [0.1, 0.15) is 37.4 Å². The molecule has 0 atom stereocenters. The van der Waals surface area contributed by atoms with E-state index in [1.165, 1.54) is 0 Å². The molecule has 2 heterocycles. The lowest BCUT2D eigenvalue weighted by molar-refractivity contribution is -0.137. The Labute approximate surface area is 130 Å². The summed E-state index contributed by atoms with van der Waals surface area (Å²) >= 11 is 0. The van der Waals surface area contributed by atoms with Gasteiger partial charge >= 0.3 is 0 Å². The van der Waals surface area contributed by atoms with Gasteiger partial charge in [0.2, 0.25) is 17.7 Å². The standard InChI is InChI=1S/C15H24N4O3/c1-4-12-11(15(22-3)18(2)17-12)9-16-13(20)10-19-8-6-5-7-14(19)21/h4-10H2,1-3H3,(H,16,20). The number of nitrogens with one attached hydrogen (secondary N) is 1. The number of hydrogen-bond donors (Lipinski definition) is 1. The molecule has 22 heavy (non-hydrogen) atoms. The first-order valence-electron chi connectivity index (χ1n) is 7.70. The van der Waals surface area contributed by atoms with Crippen LogP contribution >= 0.6 is 0 Å². The second-order valence-corrected chi connectivity index (χ2v) is 5.46. The zero-order valence-electron chi connectivity index (χ0n) is 13.5. The normalized spacial score (nSPS) is 15.0. The summed E-state index contributed by atoms with van der Waals surface area (Å²) in [5, 5.41) is 7.24. The second-order valence-electron chi connectivity index (χ2n) is 5.46. The van der Waals surface area contributed by atoms with E-state index in [1.54, 1.807) is 16.7 Å². The molecule has 7 heteroatoms. The summed E-state index contributed by atoms with van der Waals surface area (Å²) in [6.45, 7) is 3.17. The van der Waals surface area contributed by atoms with Crippen LogP contribution in [0.25, 0.3) is 0 Å². The molecule has 0 radical (unpaired) electrons.